The highest BCUT2D eigenvalue weighted by molar-refractivity contribution is 5.72. The highest BCUT2D eigenvalue weighted by Crippen LogP contribution is 2.39. The van der Waals surface area contributed by atoms with E-state index in [4.69, 9.17) is 19.9 Å². The molecule has 9 nitrogen and oxygen atoms in total. The maximum absolute atomic E-state index is 12.3. The highest BCUT2D eigenvalue weighted by atomic mass is 16.6. The Morgan fingerprint density at radius 1 is 1.07 bits per heavy atom. The van der Waals surface area contributed by atoms with Crippen LogP contribution in [0.2, 0.25) is 0 Å². The summed E-state index contributed by atoms with van der Waals surface area (Å²) >= 11 is 0. The van der Waals surface area contributed by atoms with E-state index in [2.05, 4.69) is 18.8 Å². The summed E-state index contributed by atoms with van der Waals surface area (Å²) in [6.45, 7) is 7.38. The lowest BCUT2D eigenvalue weighted by atomic mass is 9.74. The first-order valence-corrected chi connectivity index (χ1v) is 15.6. The Kier molecular flexibility index (Phi) is 13.1. The molecule has 0 bridgehead atoms. The maximum Gasteiger partial charge on any atom is 0.302 e. The van der Waals surface area contributed by atoms with Gasteiger partial charge in [0.05, 0.1) is 7.11 Å². The van der Waals surface area contributed by atoms with Crippen LogP contribution in [0.4, 0.5) is 5.82 Å². The SMILES string of the molecule is COc1cc(CCC(CC(OC(C)=O)C2CC(CO)CCCC(CC(C)C)C2)OC(C)=O)c(-c2ccnc(N)c2)cc1O. The summed E-state index contributed by atoms with van der Waals surface area (Å²) in [6.07, 6.45) is 7.88. The Morgan fingerprint density at radius 2 is 1.77 bits per heavy atom. The largest absolute Gasteiger partial charge is 0.504 e. The van der Waals surface area contributed by atoms with Gasteiger partial charge in [-0.15, -0.1) is 0 Å². The summed E-state index contributed by atoms with van der Waals surface area (Å²) in [5.74, 6) is 1.20. The minimum Gasteiger partial charge on any atom is -0.504 e. The zero-order valence-electron chi connectivity index (χ0n) is 26.4. The minimum absolute atomic E-state index is 0.00163. The number of phenols is 1. The third-order valence-electron chi connectivity index (χ3n) is 8.46. The molecule has 1 aliphatic rings. The summed E-state index contributed by atoms with van der Waals surface area (Å²) in [6, 6.07) is 6.99. The van der Waals surface area contributed by atoms with Gasteiger partial charge in [0.15, 0.2) is 11.5 Å². The summed E-state index contributed by atoms with van der Waals surface area (Å²) in [5.41, 5.74) is 8.39. The number of nitrogen functional groups attached to an aromatic ring is 1. The molecule has 4 N–H and O–H groups in total. The summed E-state index contributed by atoms with van der Waals surface area (Å²) in [4.78, 5) is 28.7. The molecule has 1 aromatic carbocycles. The molecule has 0 aliphatic heterocycles. The van der Waals surface area contributed by atoms with Crippen LogP contribution in [0.15, 0.2) is 30.5 Å². The van der Waals surface area contributed by atoms with E-state index < -0.39 is 18.2 Å². The highest BCUT2D eigenvalue weighted by Gasteiger charge is 2.34. The molecule has 5 atom stereocenters. The van der Waals surface area contributed by atoms with E-state index >= 15 is 0 Å². The summed E-state index contributed by atoms with van der Waals surface area (Å²) in [5, 5.41) is 20.6. The number of esters is 2. The number of rotatable bonds is 13. The van der Waals surface area contributed by atoms with Gasteiger partial charge in [-0.2, -0.15) is 0 Å². The van der Waals surface area contributed by atoms with Gasteiger partial charge in [-0.1, -0.05) is 26.7 Å². The fourth-order valence-corrected chi connectivity index (χ4v) is 6.68. The number of nitrogens with two attached hydrogens (primary N) is 1. The first-order valence-electron chi connectivity index (χ1n) is 15.6. The molecule has 3 rings (SSSR count). The number of aromatic hydroxyl groups is 1. The molecule has 5 unspecified atom stereocenters. The fourth-order valence-electron chi connectivity index (χ4n) is 6.68. The van der Waals surface area contributed by atoms with Crippen molar-refractivity contribution in [2.24, 2.45) is 23.7 Å². The van der Waals surface area contributed by atoms with Crippen molar-refractivity contribution in [3.8, 4) is 22.6 Å². The number of pyridine rings is 1. The van der Waals surface area contributed by atoms with Crippen LogP contribution in [0.5, 0.6) is 11.5 Å². The van der Waals surface area contributed by atoms with Crippen molar-refractivity contribution < 1.29 is 34.0 Å². The van der Waals surface area contributed by atoms with Crippen LogP contribution in [0, 0.1) is 23.7 Å². The van der Waals surface area contributed by atoms with E-state index in [1.165, 1.54) is 21.0 Å². The first-order chi connectivity index (χ1) is 20.5. The molecular weight excluding hydrogens is 548 g/mol. The van der Waals surface area contributed by atoms with E-state index in [1.54, 1.807) is 24.4 Å². The average molecular weight is 599 g/mol. The number of phenolic OH excluding ortho intramolecular Hbond substituents is 1. The Hall–Kier alpha value is -3.33. The molecule has 43 heavy (non-hydrogen) atoms. The quantitative estimate of drug-likeness (QED) is 0.234. The van der Waals surface area contributed by atoms with E-state index in [0.29, 0.717) is 42.7 Å². The number of aryl methyl sites for hydroxylation is 1. The third kappa shape index (κ3) is 10.7. The summed E-state index contributed by atoms with van der Waals surface area (Å²) in [7, 11) is 1.50. The molecular formula is C34H50N2O7. The van der Waals surface area contributed by atoms with Crippen molar-refractivity contribution in [3.05, 3.63) is 36.0 Å². The standard InChI is InChI=1S/C34H50N2O7/c1-21(2)13-24-7-6-8-25(20-37)15-28(14-24)32(43-23(4)39)18-29(42-22(3)38)10-9-26-16-33(41-5)31(40)19-30(26)27-11-12-36-34(35)17-27/h11-12,16-17,19,21,24-25,28-29,32,37,40H,6-10,13-15,18,20H2,1-5H3,(H2,35,36). The molecule has 0 saturated heterocycles. The molecule has 1 fully saturated rings. The Morgan fingerprint density at radius 3 is 2.40 bits per heavy atom. The number of aliphatic hydroxyl groups excluding tert-OH is 1. The van der Waals surface area contributed by atoms with Crippen molar-refractivity contribution >= 4 is 17.8 Å². The zero-order chi connectivity index (χ0) is 31.5. The van der Waals surface area contributed by atoms with Gasteiger partial charge in [0.2, 0.25) is 0 Å². The predicted molar refractivity (Wildman–Crippen MR) is 166 cm³/mol. The van der Waals surface area contributed by atoms with Gasteiger partial charge in [-0.3, -0.25) is 9.59 Å². The van der Waals surface area contributed by atoms with Crippen molar-refractivity contribution in [3.63, 3.8) is 0 Å². The molecule has 1 aromatic heterocycles. The van der Waals surface area contributed by atoms with E-state index in [0.717, 1.165) is 55.2 Å². The number of aliphatic hydroxyl groups is 1. The number of carbonyl (C=O) groups excluding carboxylic acids is 2. The van der Waals surface area contributed by atoms with Gasteiger partial charge in [-0.05, 0) is 103 Å². The molecule has 9 heteroatoms. The zero-order valence-corrected chi connectivity index (χ0v) is 26.4. The van der Waals surface area contributed by atoms with Crippen molar-refractivity contribution in [1.82, 2.24) is 4.98 Å². The van der Waals surface area contributed by atoms with Crippen LogP contribution < -0.4 is 10.5 Å². The van der Waals surface area contributed by atoms with Gasteiger partial charge in [0.25, 0.3) is 0 Å². The number of ether oxygens (including phenoxy) is 3. The van der Waals surface area contributed by atoms with Crippen LogP contribution in [0.1, 0.15) is 84.6 Å². The molecule has 1 heterocycles. The molecule has 0 spiro atoms. The molecule has 1 aliphatic carbocycles. The Balaban J connectivity index is 1.90. The normalized spacial score (nSPS) is 20.5. The van der Waals surface area contributed by atoms with E-state index in [9.17, 15) is 19.8 Å². The van der Waals surface area contributed by atoms with Crippen LogP contribution in [-0.2, 0) is 25.5 Å². The topological polar surface area (TPSA) is 141 Å². The van der Waals surface area contributed by atoms with Gasteiger partial charge < -0.3 is 30.2 Å². The second-order valence-electron chi connectivity index (χ2n) is 12.5. The van der Waals surface area contributed by atoms with Crippen LogP contribution in [-0.4, -0.2) is 53.1 Å². The van der Waals surface area contributed by atoms with E-state index in [-0.39, 0.29) is 30.2 Å². The molecule has 238 valence electrons. The fraction of sp³-hybridized carbons (Fsp3) is 0.618. The van der Waals surface area contributed by atoms with Crippen LogP contribution >= 0.6 is 0 Å². The van der Waals surface area contributed by atoms with Crippen molar-refractivity contribution in [2.45, 2.75) is 97.7 Å². The van der Waals surface area contributed by atoms with E-state index in [1.807, 2.05) is 6.07 Å². The number of anilines is 1. The molecule has 0 amide bonds. The number of aromatic nitrogens is 1. The average Bonchev–Trinajstić information content (AvgIpc) is 2.92. The second kappa shape index (κ2) is 16.5. The van der Waals surface area contributed by atoms with Crippen LogP contribution in [0.3, 0.4) is 0 Å². The number of nitrogens with zero attached hydrogens (tertiary/aromatic N) is 1. The second-order valence-corrected chi connectivity index (χ2v) is 12.5. The number of hydrogen-bond donors (Lipinski definition) is 3. The number of hydrogen-bond acceptors (Lipinski definition) is 9. The van der Waals surface area contributed by atoms with Crippen molar-refractivity contribution in [2.75, 3.05) is 19.5 Å². The number of carbonyl (C=O) groups is 2. The van der Waals surface area contributed by atoms with Gasteiger partial charge in [0.1, 0.15) is 18.0 Å². The van der Waals surface area contributed by atoms with Gasteiger partial charge >= 0.3 is 11.9 Å². The monoisotopic (exact) mass is 598 g/mol. The van der Waals surface area contributed by atoms with Crippen LogP contribution in [0.25, 0.3) is 11.1 Å². The first kappa shape index (κ1) is 34.2. The van der Waals surface area contributed by atoms with Crippen molar-refractivity contribution in [1.29, 1.82) is 0 Å². The number of methoxy groups -OCH3 is 1. The number of benzene rings is 1. The third-order valence-corrected chi connectivity index (χ3v) is 8.46. The smallest absolute Gasteiger partial charge is 0.302 e. The Labute approximate surface area is 256 Å². The minimum atomic E-state index is -0.515. The summed E-state index contributed by atoms with van der Waals surface area (Å²) < 4.78 is 17.2. The lowest BCUT2D eigenvalue weighted by molar-refractivity contribution is -0.156. The molecule has 1 saturated carbocycles. The molecule has 2 aromatic rings. The molecule has 0 radical (unpaired) electrons. The lowest BCUT2D eigenvalue weighted by Gasteiger charge is -2.36. The lowest BCUT2D eigenvalue weighted by Crippen LogP contribution is -2.36. The Bertz CT molecular complexity index is 1200. The predicted octanol–water partition coefficient (Wildman–Crippen LogP) is 6.08. The maximum atomic E-state index is 12.3. The van der Waals surface area contributed by atoms with Gasteiger partial charge in [-0.25, -0.2) is 4.98 Å². The van der Waals surface area contributed by atoms with Gasteiger partial charge in [0, 0.05) is 33.1 Å².